The van der Waals surface area contributed by atoms with E-state index in [9.17, 15) is 4.79 Å². The predicted octanol–water partition coefficient (Wildman–Crippen LogP) is 3.23. The minimum absolute atomic E-state index is 0.110. The van der Waals surface area contributed by atoms with Crippen LogP contribution in [0.25, 0.3) is 0 Å². The Morgan fingerprint density at radius 3 is 2.38 bits per heavy atom. The maximum Gasteiger partial charge on any atom is 0.236 e. The lowest BCUT2D eigenvalue weighted by Crippen LogP contribution is -2.37. The van der Waals surface area contributed by atoms with Crippen LogP contribution in [0.2, 0.25) is 0 Å². The van der Waals surface area contributed by atoms with Gasteiger partial charge in [0.1, 0.15) is 0 Å². The summed E-state index contributed by atoms with van der Waals surface area (Å²) >= 11 is 1.63. The van der Waals surface area contributed by atoms with Crippen molar-refractivity contribution < 1.29 is 4.79 Å². The number of hydrogen-bond acceptors (Lipinski definition) is 3. The number of benzene rings is 1. The van der Waals surface area contributed by atoms with E-state index >= 15 is 0 Å². The standard InChI is InChI=1S/C17H22N2OS/c1-16(2,3)12-4-6-13(7-5-12)17(8-9-17)14(20)19-15-18-10-11-21-15/h4-7H,8-11H2,1-3H3,(H,18,19,20). The summed E-state index contributed by atoms with van der Waals surface area (Å²) in [5.74, 6) is 1.09. The van der Waals surface area contributed by atoms with Gasteiger partial charge in [0.2, 0.25) is 5.91 Å². The zero-order valence-corrected chi connectivity index (χ0v) is 13.7. The van der Waals surface area contributed by atoms with E-state index in [0.29, 0.717) is 0 Å². The molecule has 0 spiro atoms. The molecule has 1 saturated carbocycles. The summed E-state index contributed by atoms with van der Waals surface area (Å²) in [7, 11) is 0. The quantitative estimate of drug-likeness (QED) is 0.911. The Balaban J connectivity index is 1.77. The molecule has 0 saturated heterocycles. The van der Waals surface area contributed by atoms with Gasteiger partial charge in [0.05, 0.1) is 12.0 Å². The van der Waals surface area contributed by atoms with Crippen molar-refractivity contribution in [2.45, 2.75) is 44.4 Å². The summed E-state index contributed by atoms with van der Waals surface area (Å²) in [5.41, 5.74) is 2.27. The van der Waals surface area contributed by atoms with E-state index in [-0.39, 0.29) is 16.7 Å². The van der Waals surface area contributed by atoms with E-state index in [4.69, 9.17) is 0 Å². The number of amidine groups is 1. The fourth-order valence-electron chi connectivity index (χ4n) is 2.69. The SMILES string of the molecule is CC(C)(C)c1ccc(C2(C(=O)NC3=NCCS3)CC2)cc1. The first kappa shape index (κ1) is 14.6. The van der Waals surface area contributed by atoms with Gasteiger partial charge < -0.3 is 5.32 Å². The number of nitrogens with one attached hydrogen (secondary N) is 1. The van der Waals surface area contributed by atoms with Crippen LogP contribution in [-0.4, -0.2) is 23.4 Å². The maximum atomic E-state index is 12.6. The van der Waals surface area contributed by atoms with Gasteiger partial charge >= 0.3 is 0 Å². The molecule has 0 atom stereocenters. The summed E-state index contributed by atoms with van der Waals surface area (Å²) in [5, 5.41) is 3.79. The largest absolute Gasteiger partial charge is 0.305 e. The molecule has 1 N–H and O–H groups in total. The molecule has 1 fully saturated rings. The summed E-state index contributed by atoms with van der Waals surface area (Å²) in [6.45, 7) is 7.43. The van der Waals surface area contributed by atoms with Gasteiger partial charge in [-0.3, -0.25) is 9.79 Å². The van der Waals surface area contributed by atoms with Gasteiger partial charge in [-0.1, -0.05) is 56.8 Å². The molecule has 0 radical (unpaired) electrons. The van der Waals surface area contributed by atoms with E-state index in [2.05, 4.69) is 55.3 Å². The molecule has 1 heterocycles. The van der Waals surface area contributed by atoms with Crippen LogP contribution in [0.1, 0.15) is 44.7 Å². The number of carbonyl (C=O) groups is 1. The third kappa shape index (κ3) is 2.86. The van der Waals surface area contributed by atoms with Crippen molar-refractivity contribution in [1.82, 2.24) is 5.32 Å². The van der Waals surface area contributed by atoms with E-state index in [0.717, 1.165) is 35.9 Å². The average molecular weight is 302 g/mol. The van der Waals surface area contributed by atoms with Gasteiger partial charge in [0, 0.05) is 5.75 Å². The first-order chi connectivity index (χ1) is 9.92. The van der Waals surface area contributed by atoms with Gasteiger partial charge in [-0.05, 0) is 29.4 Å². The van der Waals surface area contributed by atoms with E-state index < -0.39 is 0 Å². The van der Waals surface area contributed by atoms with E-state index in [1.807, 2.05) is 0 Å². The van der Waals surface area contributed by atoms with Crippen LogP contribution in [0.4, 0.5) is 0 Å². The first-order valence-electron chi connectivity index (χ1n) is 7.52. The Bertz CT molecular complexity index is 580. The van der Waals surface area contributed by atoms with Crippen LogP contribution in [0.3, 0.4) is 0 Å². The van der Waals surface area contributed by atoms with Crippen molar-refractivity contribution in [1.29, 1.82) is 0 Å². The highest BCUT2D eigenvalue weighted by atomic mass is 32.2. The monoisotopic (exact) mass is 302 g/mol. The number of carbonyl (C=O) groups excluding carboxylic acids is 1. The third-order valence-corrected chi connectivity index (χ3v) is 5.19. The second-order valence-electron chi connectivity index (χ2n) is 6.90. The summed E-state index contributed by atoms with van der Waals surface area (Å²) in [6, 6.07) is 8.56. The lowest BCUT2D eigenvalue weighted by Gasteiger charge is -2.21. The summed E-state index contributed by atoms with van der Waals surface area (Å²) < 4.78 is 0. The van der Waals surface area contributed by atoms with Crippen molar-refractivity contribution >= 4 is 22.8 Å². The molecule has 112 valence electrons. The molecule has 3 nitrogen and oxygen atoms in total. The molecule has 21 heavy (non-hydrogen) atoms. The zero-order chi connectivity index (χ0) is 15.1. The molecular weight excluding hydrogens is 280 g/mol. The topological polar surface area (TPSA) is 41.5 Å². The number of thioether (sulfide) groups is 1. The third-order valence-electron chi connectivity index (χ3n) is 4.29. The minimum Gasteiger partial charge on any atom is -0.305 e. The van der Waals surface area contributed by atoms with Crippen molar-refractivity contribution in [3.8, 4) is 0 Å². The fraction of sp³-hybridized carbons (Fsp3) is 0.529. The lowest BCUT2D eigenvalue weighted by molar-refractivity contribution is -0.122. The number of rotatable bonds is 2. The van der Waals surface area contributed by atoms with Gasteiger partial charge in [0.15, 0.2) is 5.17 Å². The number of hydrogen-bond donors (Lipinski definition) is 1. The molecule has 2 aliphatic rings. The van der Waals surface area contributed by atoms with Gasteiger partial charge in [-0.15, -0.1) is 0 Å². The molecular formula is C17H22N2OS. The zero-order valence-electron chi connectivity index (χ0n) is 12.9. The second kappa shape index (κ2) is 5.16. The molecule has 1 aromatic rings. The normalized spacial score (nSPS) is 20.0. The molecule has 1 aliphatic heterocycles. The molecule has 1 amide bonds. The number of amides is 1. The highest BCUT2D eigenvalue weighted by Crippen LogP contribution is 2.48. The minimum atomic E-state index is -0.317. The Morgan fingerprint density at radius 1 is 1.24 bits per heavy atom. The van der Waals surface area contributed by atoms with E-state index in [1.54, 1.807) is 11.8 Å². The van der Waals surface area contributed by atoms with Gasteiger partial charge in [-0.25, -0.2) is 0 Å². The van der Waals surface area contributed by atoms with Crippen molar-refractivity contribution in [3.05, 3.63) is 35.4 Å². The molecule has 1 aliphatic carbocycles. The Kier molecular flexibility index (Phi) is 3.60. The predicted molar refractivity (Wildman–Crippen MR) is 89.0 cm³/mol. The maximum absolute atomic E-state index is 12.6. The first-order valence-corrected chi connectivity index (χ1v) is 8.50. The van der Waals surface area contributed by atoms with Crippen molar-refractivity contribution in [2.24, 2.45) is 4.99 Å². The number of nitrogens with zero attached hydrogens (tertiary/aromatic N) is 1. The van der Waals surface area contributed by atoms with Crippen LogP contribution in [-0.2, 0) is 15.6 Å². The van der Waals surface area contributed by atoms with Crippen LogP contribution in [0.5, 0.6) is 0 Å². The van der Waals surface area contributed by atoms with E-state index in [1.165, 1.54) is 5.56 Å². The van der Waals surface area contributed by atoms with Crippen molar-refractivity contribution in [2.75, 3.05) is 12.3 Å². The molecule has 4 heteroatoms. The molecule has 0 bridgehead atoms. The van der Waals surface area contributed by atoms with Crippen LogP contribution < -0.4 is 5.32 Å². The molecule has 3 rings (SSSR count). The van der Waals surface area contributed by atoms with Crippen molar-refractivity contribution in [3.63, 3.8) is 0 Å². The highest BCUT2D eigenvalue weighted by Gasteiger charge is 2.51. The summed E-state index contributed by atoms with van der Waals surface area (Å²) in [4.78, 5) is 16.9. The van der Waals surface area contributed by atoms with Crippen LogP contribution in [0.15, 0.2) is 29.3 Å². The van der Waals surface area contributed by atoms with Crippen LogP contribution in [0, 0.1) is 0 Å². The van der Waals surface area contributed by atoms with Gasteiger partial charge in [-0.2, -0.15) is 0 Å². The number of aliphatic imine (C=N–C) groups is 1. The van der Waals surface area contributed by atoms with Gasteiger partial charge in [0.25, 0.3) is 0 Å². The highest BCUT2D eigenvalue weighted by molar-refractivity contribution is 8.14. The second-order valence-corrected chi connectivity index (χ2v) is 7.98. The summed E-state index contributed by atoms with van der Waals surface area (Å²) in [6.07, 6.45) is 1.87. The lowest BCUT2D eigenvalue weighted by atomic mass is 9.85. The Morgan fingerprint density at radius 2 is 1.90 bits per heavy atom. The molecule has 0 aromatic heterocycles. The fourth-order valence-corrected chi connectivity index (χ4v) is 3.41. The smallest absolute Gasteiger partial charge is 0.236 e. The molecule has 0 unspecified atom stereocenters. The Hall–Kier alpha value is -1.29. The Labute approximate surface area is 130 Å². The molecule has 1 aromatic carbocycles. The average Bonchev–Trinajstić information content (AvgIpc) is 3.11. The van der Waals surface area contributed by atoms with Crippen LogP contribution >= 0.6 is 11.8 Å².